The van der Waals surface area contributed by atoms with Crippen LogP contribution in [0.1, 0.15) is 23.2 Å². The second kappa shape index (κ2) is 7.59. The summed E-state index contributed by atoms with van der Waals surface area (Å²) in [4.78, 5) is 24.0. The smallest absolute Gasteiger partial charge is 0.257 e. The minimum Gasteiger partial charge on any atom is -0.381 e. The van der Waals surface area contributed by atoms with Gasteiger partial charge in [-0.05, 0) is 30.3 Å². The number of halogens is 1. The van der Waals surface area contributed by atoms with Crippen LogP contribution in [-0.2, 0) is 19.4 Å². The van der Waals surface area contributed by atoms with Crippen molar-refractivity contribution in [3.8, 4) is 0 Å². The van der Waals surface area contributed by atoms with Gasteiger partial charge in [-0.1, -0.05) is 0 Å². The van der Waals surface area contributed by atoms with E-state index in [2.05, 4.69) is 5.32 Å². The summed E-state index contributed by atoms with van der Waals surface area (Å²) in [5.74, 6) is -2.31. The van der Waals surface area contributed by atoms with Gasteiger partial charge in [-0.25, -0.2) is 12.8 Å². The Kier molecular flexibility index (Phi) is 5.53. The number of nitrogens with one attached hydrogen (secondary N) is 1. The molecule has 1 saturated heterocycles. The molecule has 1 aliphatic rings. The van der Waals surface area contributed by atoms with Gasteiger partial charge in [-0.3, -0.25) is 9.59 Å². The minimum atomic E-state index is -4.06. The van der Waals surface area contributed by atoms with Crippen molar-refractivity contribution in [1.29, 1.82) is 0 Å². The number of aliphatic hydroxyl groups is 1. The zero-order valence-corrected chi connectivity index (χ0v) is 16.1. The van der Waals surface area contributed by atoms with Gasteiger partial charge < -0.3 is 20.9 Å². The lowest BCUT2D eigenvalue weighted by Gasteiger charge is -2.30. The van der Waals surface area contributed by atoms with E-state index in [9.17, 15) is 27.5 Å². The van der Waals surface area contributed by atoms with Crippen LogP contribution in [0.15, 0.2) is 39.4 Å². The third-order valence-corrected chi connectivity index (χ3v) is 7.63. The topological polar surface area (TPSA) is 136 Å². The highest BCUT2D eigenvalue weighted by atomic mass is 32.2. The van der Waals surface area contributed by atoms with Gasteiger partial charge >= 0.3 is 0 Å². The fourth-order valence-electron chi connectivity index (χ4n) is 2.66. The van der Waals surface area contributed by atoms with Crippen molar-refractivity contribution in [2.24, 2.45) is 5.73 Å². The molecule has 1 aromatic carbocycles. The van der Waals surface area contributed by atoms with Gasteiger partial charge in [-0.2, -0.15) is 0 Å². The number of carbonyl (C=O) groups is 2. The number of amides is 2. The average Bonchev–Trinajstić information content (AvgIpc) is 3.07. The minimum absolute atomic E-state index is 0.0663. The average molecular weight is 428 g/mol. The van der Waals surface area contributed by atoms with Crippen molar-refractivity contribution < 1.29 is 32.2 Å². The third-order valence-electron chi connectivity index (χ3n) is 4.33. The van der Waals surface area contributed by atoms with Gasteiger partial charge in [0.05, 0.1) is 10.5 Å². The maximum absolute atomic E-state index is 13.1. The van der Waals surface area contributed by atoms with E-state index in [4.69, 9.17) is 10.5 Å². The van der Waals surface area contributed by atoms with Crippen molar-refractivity contribution in [3.63, 3.8) is 0 Å². The molecule has 0 bridgehead atoms. The maximum atomic E-state index is 13.1. The number of anilines is 1. The van der Waals surface area contributed by atoms with E-state index in [-0.39, 0.29) is 45.7 Å². The van der Waals surface area contributed by atoms with Gasteiger partial charge in [-0.15, -0.1) is 11.3 Å². The Morgan fingerprint density at radius 1 is 1.21 bits per heavy atom. The van der Waals surface area contributed by atoms with E-state index in [1.54, 1.807) is 0 Å². The monoisotopic (exact) mass is 428 g/mol. The summed E-state index contributed by atoms with van der Waals surface area (Å²) in [5, 5.41) is 12.8. The van der Waals surface area contributed by atoms with Gasteiger partial charge in [0.15, 0.2) is 0 Å². The fourth-order valence-corrected chi connectivity index (χ4v) is 5.43. The van der Waals surface area contributed by atoms with Crippen LogP contribution in [0.2, 0.25) is 0 Å². The van der Waals surface area contributed by atoms with E-state index >= 15 is 0 Å². The zero-order valence-electron chi connectivity index (χ0n) is 14.5. The molecule has 0 spiro atoms. The standard InChI is InChI=1S/C17H17FN2O6S2/c18-10-1-3-11(4-2-10)28(24,25)13-9-12(14(19)21)15(27-13)20-16(22)17(23)5-7-26-8-6-17/h1-4,9,23H,5-8H2,(H2,19,21)(H,20,22). The largest absolute Gasteiger partial charge is 0.381 e. The molecule has 28 heavy (non-hydrogen) atoms. The fraction of sp³-hybridized carbons (Fsp3) is 0.294. The molecule has 3 rings (SSSR count). The normalized spacial score (nSPS) is 16.5. The Balaban J connectivity index is 1.95. The summed E-state index contributed by atoms with van der Waals surface area (Å²) >= 11 is 0.628. The lowest BCUT2D eigenvalue weighted by Crippen LogP contribution is -2.47. The number of hydrogen-bond donors (Lipinski definition) is 3. The first-order valence-corrected chi connectivity index (χ1v) is 10.5. The lowest BCUT2D eigenvalue weighted by atomic mass is 9.93. The summed E-state index contributed by atoms with van der Waals surface area (Å²) in [7, 11) is -4.06. The van der Waals surface area contributed by atoms with Gasteiger partial charge in [0, 0.05) is 26.1 Å². The number of hydrogen-bond acceptors (Lipinski definition) is 7. The number of primary amides is 1. The molecule has 150 valence electrons. The first-order valence-electron chi connectivity index (χ1n) is 8.19. The van der Waals surface area contributed by atoms with Crippen molar-refractivity contribution in [3.05, 3.63) is 41.7 Å². The Morgan fingerprint density at radius 3 is 2.39 bits per heavy atom. The molecule has 2 heterocycles. The molecule has 0 unspecified atom stereocenters. The highest BCUT2D eigenvalue weighted by Crippen LogP contribution is 2.35. The molecule has 0 radical (unpaired) electrons. The van der Waals surface area contributed by atoms with Crippen LogP contribution in [0.3, 0.4) is 0 Å². The predicted molar refractivity (Wildman–Crippen MR) is 98.3 cm³/mol. The molecule has 1 aromatic heterocycles. The van der Waals surface area contributed by atoms with Crippen molar-refractivity contribution >= 4 is 38.0 Å². The lowest BCUT2D eigenvalue weighted by molar-refractivity contribution is -0.143. The molecule has 2 amide bonds. The predicted octanol–water partition coefficient (Wildman–Crippen LogP) is 1.30. The highest BCUT2D eigenvalue weighted by molar-refractivity contribution is 7.93. The Labute approximate surface area is 164 Å². The molecule has 4 N–H and O–H groups in total. The number of nitrogens with two attached hydrogens (primary N) is 1. The summed E-state index contributed by atoms with van der Waals surface area (Å²) in [5.41, 5.74) is 3.42. The molecule has 0 aliphatic carbocycles. The first-order chi connectivity index (χ1) is 13.1. The summed E-state index contributed by atoms with van der Waals surface area (Å²) in [6, 6.07) is 5.24. The number of sulfone groups is 1. The number of rotatable bonds is 5. The van der Waals surface area contributed by atoms with Gasteiger partial charge in [0.25, 0.3) is 11.8 Å². The van der Waals surface area contributed by atoms with Crippen LogP contribution in [0.4, 0.5) is 9.39 Å². The summed E-state index contributed by atoms with van der Waals surface area (Å²) < 4.78 is 43.4. The third kappa shape index (κ3) is 3.92. The van der Waals surface area contributed by atoms with Crippen LogP contribution in [0.25, 0.3) is 0 Å². The molecule has 1 aliphatic heterocycles. The van der Waals surface area contributed by atoms with Crippen LogP contribution in [-0.4, -0.2) is 44.2 Å². The van der Waals surface area contributed by atoms with Crippen molar-refractivity contribution in [1.82, 2.24) is 0 Å². The molecule has 11 heteroatoms. The number of benzene rings is 1. The molecule has 0 atom stereocenters. The van der Waals surface area contributed by atoms with Gasteiger partial charge in [0.2, 0.25) is 9.84 Å². The highest BCUT2D eigenvalue weighted by Gasteiger charge is 2.38. The summed E-state index contributed by atoms with van der Waals surface area (Å²) in [6.07, 6.45) is 0.133. The molecule has 8 nitrogen and oxygen atoms in total. The van der Waals surface area contributed by atoms with E-state index in [0.717, 1.165) is 30.3 Å². The molecular weight excluding hydrogens is 411 g/mol. The Morgan fingerprint density at radius 2 is 1.82 bits per heavy atom. The number of thiophene rings is 1. The second-order valence-electron chi connectivity index (χ2n) is 6.23. The zero-order chi connectivity index (χ0) is 20.5. The SMILES string of the molecule is NC(=O)c1cc(S(=O)(=O)c2ccc(F)cc2)sc1NC(=O)C1(O)CCOCC1. The Bertz CT molecular complexity index is 1010. The van der Waals surface area contributed by atoms with E-state index in [0.29, 0.717) is 11.3 Å². The molecule has 2 aromatic rings. The first kappa shape index (κ1) is 20.4. The maximum Gasteiger partial charge on any atom is 0.257 e. The molecule has 1 fully saturated rings. The Hall–Kier alpha value is -2.34. The summed E-state index contributed by atoms with van der Waals surface area (Å²) in [6.45, 7) is 0.391. The van der Waals surface area contributed by atoms with Crippen molar-refractivity contribution in [2.45, 2.75) is 27.5 Å². The van der Waals surface area contributed by atoms with Crippen LogP contribution in [0.5, 0.6) is 0 Å². The van der Waals surface area contributed by atoms with Crippen molar-refractivity contribution in [2.75, 3.05) is 18.5 Å². The number of ether oxygens (including phenoxy) is 1. The van der Waals surface area contributed by atoms with Gasteiger partial charge in [0.1, 0.15) is 20.6 Å². The van der Waals surface area contributed by atoms with Crippen LogP contribution >= 0.6 is 11.3 Å². The second-order valence-corrected chi connectivity index (χ2v) is 9.46. The number of carbonyl (C=O) groups excluding carboxylic acids is 2. The van der Waals surface area contributed by atoms with E-state index in [1.165, 1.54) is 0 Å². The van der Waals surface area contributed by atoms with Crippen LogP contribution in [0, 0.1) is 5.82 Å². The van der Waals surface area contributed by atoms with E-state index in [1.807, 2.05) is 0 Å². The molecular formula is C17H17FN2O6S2. The quantitative estimate of drug-likeness (QED) is 0.614. The van der Waals surface area contributed by atoms with E-state index < -0.39 is 33.1 Å². The molecule has 0 saturated carbocycles. The van der Waals surface area contributed by atoms with Crippen LogP contribution < -0.4 is 11.1 Å².